The van der Waals surface area contributed by atoms with Gasteiger partial charge in [0.15, 0.2) is 11.5 Å². The van der Waals surface area contributed by atoms with E-state index in [0.717, 1.165) is 13.0 Å². The molecule has 1 heterocycles. The Kier molecular flexibility index (Phi) is 5.61. The van der Waals surface area contributed by atoms with Crippen molar-refractivity contribution in [2.24, 2.45) is 0 Å². The molecule has 118 valence electrons. The smallest absolute Gasteiger partial charge is 0.257 e. The van der Waals surface area contributed by atoms with Crippen molar-refractivity contribution >= 4 is 5.91 Å². The van der Waals surface area contributed by atoms with E-state index in [9.17, 15) is 4.79 Å². The van der Waals surface area contributed by atoms with Crippen LogP contribution in [0.5, 0.6) is 11.5 Å². The zero-order valence-corrected chi connectivity index (χ0v) is 13.0. The van der Waals surface area contributed by atoms with Crippen LogP contribution < -0.4 is 9.47 Å². The number of carbonyl (C=O) groups is 1. The molecule has 0 spiro atoms. The fraction of sp³-hybridized carbons (Fsp3) is 0.500. The Balaban J connectivity index is 2.11. The van der Waals surface area contributed by atoms with Crippen LogP contribution in [0.4, 0.5) is 0 Å². The zero-order valence-electron chi connectivity index (χ0n) is 13.0. The predicted octanol–water partition coefficient (Wildman–Crippen LogP) is 1.72. The van der Waals surface area contributed by atoms with Crippen molar-refractivity contribution in [3.05, 3.63) is 23.8 Å². The molecule has 2 rings (SSSR count). The Morgan fingerprint density at radius 1 is 1.27 bits per heavy atom. The normalized spacial score (nSPS) is 12.3. The van der Waals surface area contributed by atoms with E-state index in [1.165, 1.54) is 0 Å². The van der Waals surface area contributed by atoms with E-state index in [1.807, 2.05) is 14.1 Å². The summed E-state index contributed by atoms with van der Waals surface area (Å²) in [6.45, 7) is 2.07. The second kappa shape index (κ2) is 7.66. The lowest BCUT2D eigenvalue weighted by Crippen LogP contribution is -2.34. The highest BCUT2D eigenvalue weighted by Gasteiger charge is 2.25. The van der Waals surface area contributed by atoms with Crippen LogP contribution in [-0.4, -0.2) is 56.2 Å². The van der Waals surface area contributed by atoms with Crippen molar-refractivity contribution in [1.82, 2.24) is 9.80 Å². The van der Waals surface area contributed by atoms with Gasteiger partial charge < -0.3 is 19.3 Å². The lowest BCUT2D eigenvalue weighted by Gasteiger charge is -2.23. The first-order valence-corrected chi connectivity index (χ1v) is 7.33. The minimum atomic E-state index is -0.114. The minimum Gasteiger partial charge on any atom is -0.454 e. The number of hydrogen-bond acceptors (Lipinski definition) is 5. The summed E-state index contributed by atoms with van der Waals surface area (Å²) in [5.74, 6) is 0.984. The first-order valence-electron chi connectivity index (χ1n) is 7.33. The van der Waals surface area contributed by atoms with Gasteiger partial charge in [-0.25, -0.2) is 0 Å². The second-order valence-electron chi connectivity index (χ2n) is 5.40. The molecule has 0 fully saturated rings. The molecule has 1 amide bonds. The molecule has 0 N–H and O–H groups in total. The van der Waals surface area contributed by atoms with E-state index in [-0.39, 0.29) is 12.7 Å². The maximum Gasteiger partial charge on any atom is 0.257 e. The molecule has 0 radical (unpaired) electrons. The Bertz CT molecular complexity index is 566. The Hall–Kier alpha value is -2.26. The van der Waals surface area contributed by atoms with Crippen LogP contribution in [0.2, 0.25) is 0 Å². The number of nitrogens with zero attached hydrogens (tertiary/aromatic N) is 3. The largest absolute Gasteiger partial charge is 0.454 e. The van der Waals surface area contributed by atoms with Gasteiger partial charge in [0.2, 0.25) is 6.79 Å². The van der Waals surface area contributed by atoms with Gasteiger partial charge in [-0.05, 0) is 39.2 Å². The molecule has 0 aromatic heterocycles. The van der Waals surface area contributed by atoms with Crippen molar-refractivity contribution in [1.29, 1.82) is 5.26 Å². The predicted molar refractivity (Wildman–Crippen MR) is 81.9 cm³/mol. The topological polar surface area (TPSA) is 65.8 Å². The molecular formula is C16H21N3O3. The van der Waals surface area contributed by atoms with Gasteiger partial charge >= 0.3 is 0 Å². The van der Waals surface area contributed by atoms with E-state index >= 15 is 0 Å². The van der Waals surface area contributed by atoms with Crippen molar-refractivity contribution in [3.8, 4) is 17.6 Å². The molecule has 0 saturated heterocycles. The van der Waals surface area contributed by atoms with Gasteiger partial charge in [-0.1, -0.05) is 6.07 Å². The molecule has 1 aromatic carbocycles. The van der Waals surface area contributed by atoms with Gasteiger partial charge in [-0.3, -0.25) is 4.79 Å². The van der Waals surface area contributed by atoms with E-state index in [0.29, 0.717) is 36.6 Å². The number of nitriles is 1. The van der Waals surface area contributed by atoms with Gasteiger partial charge in [0.25, 0.3) is 5.91 Å². The molecule has 6 heteroatoms. The molecule has 0 bridgehead atoms. The summed E-state index contributed by atoms with van der Waals surface area (Å²) < 4.78 is 10.7. The third-order valence-electron chi connectivity index (χ3n) is 3.44. The summed E-state index contributed by atoms with van der Waals surface area (Å²) in [5, 5.41) is 8.80. The van der Waals surface area contributed by atoms with Crippen LogP contribution in [0, 0.1) is 11.3 Å². The van der Waals surface area contributed by atoms with Gasteiger partial charge in [0.1, 0.15) is 0 Å². The monoisotopic (exact) mass is 303 g/mol. The molecule has 0 saturated carbocycles. The van der Waals surface area contributed by atoms with Gasteiger partial charge in [-0.2, -0.15) is 5.26 Å². The van der Waals surface area contributed by atoms with Gasteiger partial charge in [0.05, 0.1) is 18.1 Å². The van der Waals surface area contributed by atoms with Gasteiger partial charge in [0, 0.05) is 13.1 Å². The van der Waals surface area contributed by atoms with Crippen LogP contribution in [0.25, 0.3) is 0 Å². The summed E-state index contributed by atoms with van der Waals surface area (Å²) in [6.07, 6.45) is 1.18. The maximum atomic E-state index is 12.8. The molecule has 1 aliphatic heterocycles. The molecule has 1 aromatic rings. The fourth-order valence-corrected chi connectivity index (χ4v) is 2.35. The van der Waals surface area contributed by atoms with Crippen LogP contribution >= 0.6 is 0 Å². The number of rotatable bonds is 7. The summed E-state index contributed by atoms with van der Waals surface area (Å²) in [6, 6.07) is 7.40. The molecule has 0 atom stereocenters. The van der Waals surface area contributed by atoms with E-state index < -0.39 is 0 Å². The average Bonchev–Trinajstić information content (AvgIpc) is 2.98. The molecular weight excluding hydrogens is 282 g/mol. The highest BCUT2D eigenvalue weighted by Crippen LogP contribution is 2.35. The fourth-order valence-electron chi connectivity index (χ4n) is 2.35. The van der Waals surface area contributed by atoms with Crippen molar-refractivity contribution in [2.45, 2.75) is 12.8 Å². The first-order chi connectivity index (χ1) is 10.6. The van der Waals surface area contributed by atoms with Gasteiger partial charge in [-0.15, -0.1) is 0 Å². The summed E-state index contributed by atoms with van der Waals surface area (Å²) in [4.78, 5) is 16.5. The van der Waals surface area contributed by atoms with Crippen LogP contribution in [0.1, 0.15) is 23.2 Å². The second-order valence-corrected chi connectivity index (χ2v) is 5.40. The number of hydrogen-bond donors (Lipinski definition) is 0. The first kappa shape index (κ1) is 16.1. The minimum absolute atomic E-state index is 0.114. The highest BCUT2D eigenvalue weighted by atomic mass is 16.7. The third kappa shape index (κ3) is 3.89. The Morgan fingerprint density at radius 3 is 2.82 bits per heavy atom. The molecule has 22 heavy (non-hydrogen) atoms. The summed E-state index contributed by atoms with van der Waals surface area (Å²) >= 11 is 0. The zero-order chi connectivity index (χ0) is 15.9. The SMILES string of the molecule is CN(C)CCCN(CCC#N)C(=O)c1cccc2c1OCO2. The number of benzene rings is 1. The quantitative estimate of drug-likeness (QED) is 0.767. The molecule has 0 unspecified atom stereocenters. The third-order valence-corrected chi connectivity index (χ3v) is 3.44. The summed E-state index contributed by atoms with van der Waals surface area (Å²) in [5.41, 5.74) is 0.498. The van der Waals surface area contributed by atoms with Crippen LogP contribution in [0.15, 0.2) is 18.2 Å². The number of ether oxygens (including phenoxy) is 2. The Labute approximate surface area is 130 Å². The van der Waals surface area contributed by atoms with Crippen LogP contribution in [0.3, 0.4) is 0 Å². The number of carbonyl (C=O) groups excluding carboxylic acids is 1. The average molecular weight is 303 g/mol. The molecule has 1 aliphatic rings. The lowest BCUT2D eigenvalue weighted by atomic mass is 10.1. The van der Waals surface area contributed by atoms with E-state index in [2.05, 4.69) is 11.0 Å². The van der Waals surface area contributed by atoms with E-state index in [4.69, 9.17) is 14.7 Å². The lowest BCUT2D eigenvalue weighted by molar-refractivity contribution is 0.0749. The van der Waals surface area contributed by atoms with Crippen molar-refractivity contribution in [3.63, 3.8) is 0 Å². The number of amides is 1. The van der Waals surface area contributed by atoms with Crippen molar-refractivity contribution < 1.29 is 14.3 Å². The van der Waals surface area contributed by atoms with Crippen molar-refractivity contribution in [2.75, 3.05) is 40.5 Å². The Morgan fingerprint density at radius 2 is 2.09 bits per heavy atom. The van der Waals surface area contributed by atoms with Crippen LogP contribution in [-0.2, 0) is 0 Å². The molecule has 6 nitrogen and oxygen atoms in total. The van der Waals surface area contributed by atoms with E-state index in [1.54, 1.807) is 23.1 Å². The number of fused-ring (bicyclic) bond motifs is 1. The summed E-state index contributed by atoms with van der Waals surface area (Å²) in [7, 11) is 3.99. The number of para-hydroxylation sites is 1. The molecule has 0 aliphatic carbocycles. The maximum absolute atomic E-state index is 12.8. The standard InChI is InChI=1S/C16H21N3O3/c1-18(2)9-5-11-19(10-4-8-17)16(20)13-6-3-7-14-15(13)22-12-21-14/h3,6-7H,4-5,9-12H2,1-2H3. The highest BCUT2D eigenvalue weighted by molar-refractivity contribution is 5.98.